The summed E-state index contributed by atoms with van der Waals surface area (Å²) >= 11 is 7.71. The molecule has 1 N–H and O–H groups in total. The third-order valence-corrected chi connectivity index (χ3v) is 6.15. The SMILES string of the molecule is O=C(Nc1sc2c(c1-c1ccc(Cl)cn1)CCCC2)C1=CCCC1. The van der Waals surface area contributed by atoms with Gasteiger partial charge in [0.25, 0.3) is 5.91 Å². The monoisotopic (exact) mass is 358 g/mol. The summed E-state index contributed by atoms with van der Waals surface area (Å²) in [6, 6.07) is 3.81. The van der Waals surface area contributed by atoms with Gasteiger partial charge in [-0.05, 0) is 62.6 Å². The molecule has 24 heavy (non-hydrogen) atoms. The Kier molecular flexibility index (Phi) is 4.42. The number of thiophene rings is 1. The normalized spacial score (nSPS) is 16.6. The van der Waals surface area contributed by atoms with Crippen molar-refractivity contribution in [3.8, 4) is 11.3 Å². The number of aromatic nitrogens is 1. The summed E-state index contributed by atoms with van der Waals surface area (Å²) in [5.74, 6) is 0.0429. The van der Waals surface area contributed by atoms with Gasteiger partial charge in [0.05, 0.1) is 10.7 Å². The van der Waals surface area contributed by atoms with Crippen LogP contribution in [0.5, 0.6) is 0 Å². The van der Waals surface area contributed by atoms with E-state index in [2.05, 4.69) is 16.4 Å². The van der Waals surface area contributed by atoms with Crippen molar-refractivity contribution in [3.05, 3.63) is 45.4 Å². The Bertz CT molecular complexity index is 808. The highest BCUT2D eigenvalue weighted by atomic mass is 35.5. The van der Waals surface area contributed by atoms with Crippen molar-refractivity contribution < 1.29 is 4.79 Å². The van der Waals surface area contributed by atoms with Crippen LogP contribution < -0.4 is 5.32 Å². The number of nitrogens with one attached hydrogen (secondary N) is 1. The molecule has 4 rings (SSSR count). The molecular weight excluding hydrogens is 340 g/mol. The second-order valence-electron chi connectivity index (χ2n) is 6.35. The van der Waals surface area contributed by atoms with E-state index in [1.54, 1.807) is 17.5 Å². The van der Waals surface area contributed by atoms with Gasteiger partial charge in [0.1, 0.15) is 5.00 Å². The number of hydrogen-bond donors (Lipinski definition) is 1. The Hall–Kier alpha value is -1.65. The molecule has 0 saturated heterocycles. The minimum Gasteiger partial charge on any atom is -0.313 e. The average molecular weight is 359 g/mol. The summed E-state index contributed by atoms with van der Waals surface area (Å²) in [5, 5.41) is 4.73. The molecule has 0 bridgehead atoms. The van der Waals surface area contributed by atoms with E-state index >= 15 is 0 Å². The first-order chi connectivity index (χ1) is 11.7. The molecule has 2 aliphatic carbocycles. The van der Waals surface area contributed by atoms with E-state index in [4.69, 9.17) is 11.6 Å². The lowest BCUT2D eigenvalue weighted by molar-refractivity contribution is -0.112. The lowest BCUT2D eigenvalue weighted by Gasteiger charge is -2.13. The molecule has 2 heterocycles. The van der Waals surface area contributed by atoms with Crippen molar-refractivity contribution in [2.75, 3.05) is 5.32 Å². The third kappa shape index (κ3) is 3.01. The van der Waals surface area contributed by atoms with Crippen LogP contribution in [0.1, 0.15) is 42.5 Å². The van der Waals surface area contributed by atoms with Crippen molar-refractivity contribution in [2.45, 2.75) is 44.9 Å². The molecule has 5 heteroatoms. The summed E-state index contributed by atoms with van der Waals surface area (Å²) in [4.78, 5) is 18.4. The molecule has 2 aromatic heterocycles. The van der Waals surface area contributed by atoms with Gasteiger partial charge >= 0.3 is 0 Å². The van der Waals surface area contributed by atoms with Crippen LogP contribution in [0, 0.1) is 0 Å². The van der Waals surface area contributed by atoms with Crippen molar-refractivity contribution >= 4 is 33.8 Å². The van der Waals surface area contributed by atoms with E-state index in [1.165, 1.54) is 23.3 Å². The van der Waals surface area contributed by atoms with Crippen LogP contribution in [0.2, 0.25) is 5.02 Å². The standard InChI is InChI=1S/C19H19ClN2OS/c20-13-9-10-15(21-11-13)17-14-7-3-4-8-16(14)24-19(17)22-18(23)12-5-1-2-6-12/h5,9-11H,1-4,6-8H2,(H,22,23). The second kappa shape index (κ2) is 6.69. The number of fused-ring (bicyclic) bond motifs is 1. The molecule has 2 aliphatic rings. The quantitative estimate of drug-likeness (QED) is 0.799. The molecule has 0 fully saturated rings. The van der Waals surface area contributed by atoms with Gasteiger partial charge in [-0.2, -0.15) is 0 Å². The fourth-order valence-electron chi connectivity index (χ4n) is 3.51. The van der Waals surface area contributed by atoms with Gasteiger partial charge in [0.15, 0.2) is 0 Å². The fourth-order valence-corrected chi connectivity index (χ4v) is 4.91. The van der Waals surface area contributed by atoms with Crippen LogP contribution >= 0.6 is 22.9 Å². The lowest BCUT2D eigenvalue weighted by atomic mass is 9.94. The number of rotatable bonds is 3. The summed E-state index contributed by atoms with van der Waals surface area (Å²) < 4.78 is 0. The van der Waals surface area contributed by atoms with Crippen LogP contribution in [0.15, 0.2) is 30.0 Å². The molecular formula is C19H19ClN2OS. The van der Waals surface area contributed by atoms with Gasteiger partial charge < -0.3 is 5.32 Å². The molecule has 124 valence electrons. The highest BCUT2D eigenvalue weighted by Gasteiger charge is 2.24. The Morgan fingerprint density at radius 1 is 1.17 bits per heavy atom. The first kappa shape index (κ1) is 15.9. The molecule has 0 atom stereocenters. The Labute approximate surface area is 150 Å². The van der Waals surface area contributed by atoms with Crippen LogP contribution in [0.25, 0.3) is 11.3 Å². The van der Waals surface area contributed by atoms with Gasteiger partial charge in [-0.15, -0.1) is 11.3 Å². The Balaban J connectivity index is 1.74. The van der Waals surface area contributed by atoms with E-state index in [0.717, 1.165) is 53.9 Å². The molecule has 0 aliphatic heterocycles. The maximum Gasteiger partial charge on any atom is 0.251 e. The van der Waals surface area contributed by atoms with Crippen molar-refractivity contribution in [3.63, 3.8) is 0 Å². The molecule has 0 saturated carbocycles. The number of anilines is 1. The van der Waals surface area contributed by atoms with Crippen molar-refractivity contribution in [1.29, 1.82) is 0 Å². The highest BCUT2D eigenvalue weighted by molar-refractivity contribution is 7.17. The number of aryl methyl sites for hydroxylation is 1. The molecule has 3 nitrogen and oxygen atoms in total. The molecule has 0 unspecified atom stereocenters. The van der Waals surface area contributed by atoms with Gasteiger partial charge in [-0.3, -0.25) is 9.78 Å². The van der Waals surface area contributed by atoms with E-state index in [0.29, 0.717) is 5.02 Å². The topological polar surface area (TPSA) is 42.0 Å². The van der Waals surface area contributed by atoms with Crippen LogP contribution in [0.4, 0.5) is 5.00 Å². The number of halogens is 1. The molecule has 0 radical (unpaired) electrons. The van der Waals surface area contributed by atoms with Crippen LogP contribution in [0.3, 0.4) is 0 Å². The first-order valence-corrected chi connectivity index (χ1v) is 9.68. The van der Waals surface area contributed by atoms with E-state index in [9.17, 15) is 4.79 Å². The molecule has 1 amide bonds. The number of amides is 1. The number of carbonyl (C=O) groups excluding carboxylic acids is 1. The summed E-state index contributed by atoms with van der Waals surface area (Å²) in [7, 11) is 0. The first-order valence-electron chi connectivity index (χ1n) is 8.49. The molecule has 0 spiro atoms. The van der Waals surface area contributed by atoms with Crippen LogP contribution in [-0.4, -0.2) is 10.9 Å². The molecule has 0 aromatic carbocycles. The lowest BCUT2D eigenvalue weighted by Crippen LogP contribution is -2.13. The Morgan fingerprint density at radius 3 is 2.79 bits per heavy atom. The zero-order chi connectivity index (χ0) is 16.5. The largest absolute Gasteiger partial charge is 0.313 e. The average Bonchev–Trinajstić information content (AvgIpc) is 3.23. The number of pyridine rings is 1. The van der Waals surface area contributed by atoms with Gasteiger partial charge in [-0.1, -0.05) is 17.7 Å². The number of carbonyl (C=O) groups is 1. The smallest absolute Gasteiger partial charge is 0.251 e. The van der Waals surface area contributed by atoms with Gasteiger partial charge in [-0.25, -0.2) is 0 Å². The van der Waals surface area contributed by atoms with Gasteiger partial charge in [0, 0.05) is 22.2 Å². The summed E-state index contributed by atoms with van der Waals surface area (Å²) in [6.45, 7) is 0. The maximum absolute atomic E-state index is 12.6. The summed E-state index contributed by atoms with van der Waals surface area (Å²) in [5.41, 5.74) is 4.26. The zero-order valence-corrected chi connectivity index (χ0v) is 15.0. The highest BCUT2D eigenvalue weighted by Crippen LogP contribution is 2.44. The zero-order valence-electron chi connectivity index (χ0n) is 13.4. The number of hydrogen-bond acceptors (Lipinski definition) is 3. The van der Waals surface area contributed by atoms with Crippen molar-refractivity contribution in [2.24, 2.45) is 0 Å². The minimum absolute atomic E-state index is 0.0429. The molecule has 2 aromatic rings. The van der Waals surface area contributed by atoms with Crippen molar-refractivity contribution in [1.82, 2.24) is 4.98 Å². The van der Waals surface area contributed by atoms with Crippen LogP contribution in [-0.2, 0) is 17.6 Å². The van der Waals surface area contributed by atoms with E-state index < -0.39 is 0 Å². The number of nitrogens with zero attached hydrogens (tertiary/aromatic N) is 1. The maximum atomic E-state index is 12.6. The number of allylic oxidation sites excluding steroid dienone is 1. The van der Waals surface area contributed by atoms with Gasteiger partial charge in [0.2, 0.25) is 0 Å². The fraction of sp³-hybridized carbons (Fsp3) is 0.368. The predicted octanol–water partition coefficient (Wildman–Crippen LogP) is 5.39. The Morgan fingerprint density at radius 2 is 2.04 bits per heavy atom. The van der Waals surface area contributed by atoms with E-state index in [1.807, 2.05) is 12.1 Å². The second-order valence-corrected chi connectivity index (χ2v) is 7.89. The predicted molar refractivity (Wildman–Crippen MR) is 99.8 cm³/mol. The third-order valence-electron chi connectivity index (χ3n) is 4.71. The van der Waals surface area contributed by atoms with E-state index in [-0.39, 0.29) is 5.91 Å². The summed E-state index contributed by atoms with van der Waals surface area (Å²) in [6.07, 6.45) is 11.3. The minimum atomic E-state index is 0.0429.